The Labute approximate surface area is 196 Å². The van der Waals surface area contributed by atoms with E-state index in [0.717, 1.165) is 42.9 Å². The molecule has 5 rings (SSSR count). The maximum Gasteiger partial charge on any atom is 0.262 e. The topological polar surface area (TPSA) is 73.7 Å². The number of carbonyl (C=O) groups excluding carboxylic acids is 1. The van der Waals surface area contributed by atoms with Gasteiger partial charge in [-0.05, 0) is 49.1 Å². The summed E-state index contributed by atoms with van der Waals surface area (Å²) < 4.78 is 13.1. The summed E-state index contributed by atoms with van der Waals surface area (Å²) in [7, 11) is 0. The van der Waals surface area contributed by atoms with Gasteiger partial charge in [-0.1, -0.05) is 36.9 Å². The molecule has 1 amide bonds. The van der Waals surface area contributed by atoms with Crippen LogP contribution in [-0.4, -0.2) is 45.9 Å². The van der Waals surface area contributed by atoms with Gasteiger partial charge < -0.3 is 14.4 Å². The fourth-order valence-electron chi connectivity index (χ4n) is 4.57. The largest absolute Gasteiger partial charge is 0.486 e. The molecule has 7 nitrogen and oxygen atoms in total. The standard InChI is InChI=1S/C25H27N3O4S/c1-2-11-28-24(30)18-6-3-4-7-19(18)26-25(28)33-16-23(29)27-12-5-8-20(27)17-9-10-21-22(15-17)32-14-13-31-21/h3-4,6-7,9-10,15,20H,2,5,8,11-14,16H2,1H3/t20-/m1/s1. The van der Waals surface area contributed by atoms with Gasteiger partial charge in [-0.15, -0.1) is 0 Å². The first kappa shape index (κ1) is 21.8. The molecular formula is C25H27N3O4S. The number of ether oxygens (including phenoxy) is 2. The Balaban J connectivity index is 1.35. The first-order valence-corrected chi connectivity index (χ1v) is 12.5. The van der Waals surface area contributed by atoms with Crippen LogP contribution in [0.2, 0.25) is 0 Å². The minimum atomic E-state index is -0.0484. The summed E-state index contributed by atoms with van der Waals surface area (Å²) in [5.41, 5.74) is 1.69. The fourth-order valence-corrected chi connectivity index (χ4v) is 5.48. The summed E-state index contributed by atoms with van der Waals surface area (Å²) in [5.74, 6) is 1.81. The third kappa shape index (κ3) is 4.31. The summed E-state index contributed by atoms with van der Waals surface area (Å²) in [6, 6.07) is 13.4. The fraction of sp³-hybridized carbons (Fsp3) is 0.400. The second kappa shape index (κ2) is 9.47. The molecule has 8 heteroatoms. The second-order valence-electron chi connectivity index (χ2n) is 8.31. The van der Waals surface area contributed by atoms with Crippen molar-refractivity contribution < 1.29 is 14.3 Å². The predicted molar refractivity (Wildman–Crippen MR) is 128 cm³/mol. The highest BCUT2D eigenvalue weighted by molar-refractivity contribution is 7.99. The number of rotatable bonds is 6. The van der Waals surface area contributed by atoms with Crippen LogP contribution in [0.25, 0.3) is 10.9 Å². The van der Waals surface area contributed by atoms with E-state index in [1.54, 1.807) is 10.6 Å². The highest BCUT2D eigenvalue weighted by Crippen LogP contribution is 2.38. The van der Waals surface area contributed by atoms with Gasteiger partial charge in [-0.25, -0.2) is 4.98 Å². The van der Waals surface area contributed by atoms with Gasteiger partial charge in [-0.2, -0.15) is 0 Å². The molecular weight excluding hydrogens is 438 g/mol. The number of hydrogen-bond donors (Lipinski definition) is 0. The average Bonchev–Trinajstić information content (AvgIpc) is 3.34. The molecule has 1 atom stereocenters. The molecule has 0 aliphatic carbocycles. The number of likely N-dealkylation sites (tertiary alicyclic amines) is 1. The van der Waals surface area contributed by atoms with E-state index in [4.69, 9.17) is 14.5 Å². The van der Waals surface area contributed by atoms with Gasteiger partial charge in [-0.3, -0.25) is 14.2 Å². The number of aromatic nitrogens is 2. The molecule has 3 aromatic rings. The molecule has 0 unspecified atom stereocenters. The molecule has 1 saturated heterocycles. The highest BCUT2D eigenvalue weighted by Gasteiger charge is 2.31. The summed E-state index contributed by atoms with van der Waals surface area (Å²) in [6.07, 6.45) is 2.70. The van der Waals surface area contributed by atoms with E-state index >= 15 is 0 Å². The van der Waals surface area contributed by atoms with Crippen LogP contribution in [0.4, 0.5) is 0 Å². The van der Waals surface area contributed by atoms with Crippen molar-refractivity contribution in [1.82, 2.24) is 14.5 Å². The molecule has 0 saturated carbocycles. The monoisotopic (exact) mass is 465 g/mol. The lowest BCUT2D eigenvalue weighted by molar-refractivity contribution is -0.129. The molecule has 2 aliphatic rings. The zero-order valence-electron chi connectivity index (χ0n) is 18.7. The van der Waals surface area contributed by atoms with Crippen LogP contribution in [0, 0.1) is 0 Å². The van der Waals surface area contributed by atoms with Crippen molar-refractivity contribution in [2.24, 2.45) is 0 Å². The first-order chi connectivity index (χ1) is 16.2. The number of thioether (sulfide) groups is 1. The highest BCUT2D eigenvalue weighted by atomic mass is 32.2. The third-order valence-corrected chi connectivity index (χ3v) is 7.08. The van der Waals surface area contributed by atoms with Crippen molar-refractivity contribution in [2.75, 3.05) is 25.5 Å². The number of hydrogen-bond acceptors (Lipinski definition) is 6. The SMILES string of the molecule is CCCn1c(SCC(=O)N2CCC[C@@H]2c2ccc3c(c2)OCCO3)nc2ccccc2c1=O. The van der Waals surface area contributed by atoms with E-state index in [1.165, 1.54) is 11.8 Å². The Bertz CT molecular complexity index is 1240. The van der Waals surface area contributed by atoms with Crippen molar-refractivity contribution >= 4 is 28.6 Å². The lowest BCUT2D eigenvalue weighted by Crippen LogP contribution is -2.32. The van der Waals surface area contributed by atoms with E-state index in [9.17, 15) is 9.59 Å². The van der Waals surface area contributed by atoms with E-state index in [-0.39, 0.29) is 23.3 Å². The van der Waals surface area contributed by atoms with Crippen LogP contribution in [0.5, 0.6) is 11.5 Å². The van der Waals surface area contributed by atoms with E-state index < -0.39 is 0 Å². The summed E-state index contributed by atoms with van der Waals surface area (Å²) in [5, 5.41) is 1.21. The Hall–Kier alpha value is -3.00. The quantitative estimate of drug-likeness (QED) is 0.404. The maximum absolute atomic E-state index is 13.2. The van der Waals surface area contributed by atoms with Crippen LogP contribution >= 0.6 is 11.8 Å². The number of amides is 1. The van der Waals surface area contributed by atoms with Gasteiger partial charge >= 0.3 is 0 Å². The number of carbonyl (C=O) groups is 1. The molecule has 0 radical (unpaired) electrons. The Morgan fingerprint density at radius 2 is 1.97 bits per heavy atom. The molecule has 0 spiro atoms. The maximum atomic E-state index is 13.2. The number of benzene rings is 2. The minimum absolute atomic E-state index is 0.0244. The summed E-state index contributed by atoms with van der Waals surface area (Å²) >= 11 is 1.35. The Morgan fingerprint density at radius 1 is 1.15 bits per heavy atom. The van der Waals surface area contributed by atoms with Crippen LogP contribution in [0.15, 0.2) is 52.4 Å². The van der Waals surface area contributed by atoms with Crippen molar-refractivity contribution in [3.63, 3.8) is 0 Å². The molecule has 1 fully saturated rings. The van der Waals surface area contributed by atoms with Crippen LogP contribution in [0.1, 0.15) is 37.8 Å². The molecule has 2 aliphatic heterocycles. The van der Waals surface area contributed by atoms with Crippen molar-refractivity contribution in [3.8, 4) is 11.5 Å². The van der Waals surface area contributed by atoms with Crippen molar-refractivity contribution in [3.05, 3.63) is 58.4 Å². The molecule has 172 valence electrons. The molecule has 2 aromatic carbocycles. The summed E-state index contributed by atoms with van der Waals surface area (Å²) in [4.78, 5) is 32.9. The Morgan fingerprint density at radius 3 is 2.82 bits per heavy atom. The molecule has 0 bridgehead atoms. The van der Waals surface area contributed by atoms with Gasteiger partial charge in [0.1, 0.15) is 13.2 Å². The normalized spacial score (nSPS) is 17.5. The number of nitrogens with zero attached hydrogens (tertiary/aromatic N) is 3. The van der Waals surface area contributed by atoms with Crippen LogP contribution < -0.4 is 15.0 Å². The second-order valence-corrected chi connectivity index (χ2v) is 9.25. The first-order valence-electron chi connectivity index (χ1n) is 11.5. The van der Waals surface area contributed by atoms with Gasteiger partial charge in [0.2, 0.25) is 5.91 Å². The average molecular weight is 466 g/mol. The van der Waals surface area contributed by atoms with Gasteiger partial charge in [0, 0.05) is 13.1 Å². The van der Waals surface area contributed by atoms with Crippen LogP contribution in [-0.2, 0) is 11.3 Å². The molecule has 1 aromatic heterocycles. The molecule has 33 heavy (non-hydrogen) atoms. The van der Waals surface area contributed by atoms with Crippen molar-refractivity contribution in [1.29, 1.82) is 0 Å². The van der Waals surface area contributed by atoms with Gasteiger partial charge in [0.15, 0.2) is 16.7 Å². The Kier molecular flexibility index (Phi) is 6.26. The lowest BCUT2D eigenvalue weighted by atomic mass is 10.0. The molecule has 3 heterocycles. The van der Waals surface area contributed by atoms with Gasteiger partial charge in [0.25, 0.3) is 5.56 Å². The van der Waals surface area contributed by atoms with Gasteiger partial charge in [0.05, 0.1) is 22.7 Å². The summed E-state index contributed by atoms with van der Waals surface area (Å²) in [6.45, 7) is 4.44. The predicted octanol–water partition coefficient (Wildman–Crippen LogP) is 4.03. The van der Waals surface area contributed by atoms with Crippen LogP contribution in [0.3, 0.4) is 0 Å². The van der Waals surface area contributed by atoms with E-state index in [1.807, 2.05) is 48.2 Å². The zero-order valence-corrected chi connectivity index (χ0v) is 19.5. The zero-order chi connectivity index (χ0) is 22.8. The van der Waals surface area contributed by atoms with E-state index in [2.05, 4.69) is 0 Å². The van der Waals surface area contributed by atoms with Crippen molar-refractivity contribution in [2.45, 2.75) is 43.9 Å². The smallest absolute Gasteiger partial charge is 0.262 e. The van der Waals surface area contributed by atoms with E-state index in [0.29, 0.717) is 35.8 Å². The molecule has 0 N–H and O–H groups in total. The third-order valence-electron chi connectivity index (χ3n) is 6.12. The number of para-hydroxylation sites is 1. The minimum Gasteiger partial charge on any atom is -0.486 e. The number of fused-ring (bicyclic) bond motifs is 2. The lowest BCUT2D eigenvalue weighted by Gasteiger charge is -2.26.